The first-order chi connectivity index (χ1) is 8.15. The van der Waals surface area contributed by atoms with Crippen molar-refractivity contribution in [2.75, 3.05) is 0 Å². The summed E-state index contributed by atoms with van der Waals surface area (Å²) >= 11 is 1.61. The van der Waals surface area contributed by atoms with Crippen molar-refractivity contribution >= 4 is 17.1 Å². The maximum Gasteiger partial charge on any atom is 0.144 e. The molecule has 2 heterocycles. The number of aromatic nitrogens is 2. The topological polar surface area (TPSA) is 42.9 Å². The highest BCUT2D eigenvalue weighted by Gasteiger charge is 2.09. The quantitative estimate of drug-likeness (QED) is 0.832. The smallest absolute Gasteiger partial charge is 0.144 e. The molecule has 0 atom stereocenters. The number of nitrogens with zero attached hydrogens (tertiary/aromatic N) is 2. The van der Waals surface area contributed by atoms with Crippen molar-refractivity contribution in [3.05, 3.63) is 45.7 Å². The van der Waals surface area contributed by atoms with Gasteiger partial charge in [-0.25, -0.2) is 4.98 Å². The molecule has 0 fully saturated rings. The molecule has 0 spiro atoms. The van der Waals surface area contributed by atoms with Crippen LogP contribution < -0.4 is 0 Å². The maximum atomic E-state index is 11.8. The van der Waals surface area contributed by atoms with Crippen LogP contribution >= 0.6 is 11.3 Å². The molecule has 0 unspecified atom stereocenters. The van der Waals surface area contributed by atoms with Crippen molar-refractivity contribution in [3.8, 4) is 0 Å². The van der Waals surface area contributed by atoms with Crippen molar-refractivity contribution in [1.29, 1.82) is 0 Å². The van der Waals surface area contributed by atoms with Crippen LogP contribution in [0.1, 0.15) is 21.1 Å². The summed E-state index contributed by atoms with van der Waals surface area (Å²) in [6, 6.07) is 3.74. The molecule has 0 aliphatic rings. The zero-order valence-corrected chi connectivity index (χ0v) is 10.8. The molecule has 0 amide bonds. The lowest BCUT2D eigenvalue weighted by molar-refractivity contribution is -0.117. The number of carbonyl (C=O) groups is 1. The van der Waals surface area contributed by atoms with Gasteiger partial charge >= 0.3 is 0 Å². The van der Waals surface area contributed by atoms with Crippen LogP contribution in [0.25, 0.3) is 0 Å². The molecule has 4 heteroatoms. The Morgan fingerprint density at radius 1 is 1.24 bits per heavy atom. The minimum absolute atomic E-state index is 0.199. The number of hydrogen-bond acceptors (Lipinski definition) is 4. The van der Waals surface area contributed by atoms with Crippen LogP contribution in [0.4, 0.5) is 0 Å². The van der Waals surface area contributed by atoms with Gasteiger partial charge < -0.3 is 0 Å². The minimum atomic E-state index is 0.199. The summed E-state index contributed by atoms with van der Waals surface area (Å²) in [4.78, 5) is 21.3. The van der Waals surface area contributed by atoms with Crippen molar-refractivity contribution in [1.82, 2.24) is 9.97 Å². The van der Waals surface area contributed by atoms with E-state index in [0.717, 1.165) is 16.3 Å². The lowest BCUT2D eigenvalue weighted by atomic mass is 10.1. The van der Waals surface area contributed by atoms with Crippen LogP contribution in [0, 0.1) is 13.8 Å². The summed E-state index contributed by atoms with van der Waals surface area (Å²) < 4.78 is 0. The summed E-state index contributed by atoms with van der Waals surface area (Å²) in [6.07, 6.45) is 4.31. The summed E-state index contributed by atoms with van der Waals surface area (Å²) in [5, 5.41) is 0.916. The molecule has 0 saturated carbocycles. The lowest BCUT2D eigenvalue weighted by Crippen LogP contribution is -2.06. The van der Waals surface area contributed by atoms with Gasteiger partial charge in [0.25, 0.3) is 0 Å². The third-order valence-electron chi connectivity index (χ3n) is 2.57. The Labute approximate surface area is 105 Å². The maximum absolute atomic E-state index is 11.8. The van der Waals surface area contributed by atoms with E-state index >= 15 is 0 Å². The summed E-state index contributed by atoms with van der Waals surface area (Å²) in [6.45, 7) is 4.01. The van der Waals surface area contributed by atoms with E-state index in [1.54, 1.807) is 23.7 Å². The molecule has 0 aliphatic carbocycles. The first-order valence-electron chi connectivity index (χ1n) is 5.48. The molecule has 2 rings (SSSR count). The molecule has 17 heavy (non-hydrogen) atoms. The number of aryl methyl sites for hydroxylation is 2. The third kappa shape index (κ3) is 3.20. The van der Waals surface area contributed by atoms with Gasteiger partial charge in [0.1, 0.15) is 10.8 Å². The van der Waals surface area contributed by atoms with Crippen LogP contribution in [0.15, 0.2) is 24.5 Å². The van der Waals surface area contributed by atoms with Crippen molar-refractivity contribution in [2.45, 2.75) is 26.7 Å². The van der Waals surface area contributed by atoms with E-state index in [1.165, 1.54) is 4.88 Å². The van der Waals surface area contributed by atoms with Gasteiger partial charge in [-0.15, -0.1) is 11.3 Å². The largest absolute Gasteiger partial charge is 0.299 e. The van der Waals surface area contributed by atoms with E-state index < -0.39 is 0 Å². The lowest BCUT2D eigenvalue weighted by Gasteiger charge is -1.98. The van der Waals surface area contributed by atoms with Crippen LogP contribution in [0.2, 0.25) is 0 Å². The second-order valence-electron chi connectivity index (χ2n) is 4.00. The van der Waals surface area contributed by atoms with Gasteiger partial charge in [-0.1, -0.05) is 0 Å². The predicted octanol–water partition coefficient (Wildman–Crippen LogP) is 2.51. The van der Waals surface area contributed by atoms with Crippen LogP contribution in [0.5, 0.6) is 0 Å². The van der Waals surface area contributed by atoms with Gasteiger partial charge in [-0.3, -0.25) is 9.78 Å². The number of ketones is 1. The molecular weight excluding hydrogens is 232 g/mol. The number of rotatable bonds is 4. The first-order valence-corrected chi connectivity index (χ1v) is 6.30. The van der Waals surface area contributed by atoms with Gasteiger partial charge in [-0.05, 0) is 31.5 Å². The standard InChI is InChI=1S/C13H14N2OS/c1-9-10(2)17-13(15-9)8-12(16)7-11-3-5-14-6-4-11/h3-6H,7-8H2,1-2H3. The summed E-state index contributed by atoms with van der Waals surface area (Å²) in [5.41, 5.74) is 2.04. The molecule has 3 nitrogen and oxygen atoms in total. The second kappa shape index (κ2) is 5.19. The second-order valence-corrected chi connectivity index (χ2v) is 5.28. The van der Waals surface area contributed by atoms with Gasteiger partial charge in [-0.2, -0.15) is 0 Å². The fourth-order valence-electron chi connectivity index (χ4n) is 1.57. The van der Waals surface area contributed by atoms with E-state index in [1.807, 2.05) is 26.0 Å². The van der Waals surface area contributed by atoms with Gasteiger partial charge in [0.05, 0.1) is 12.1 Å². The van der Waals surface area contributed by atoms with Crippen molar-refractivity contribution in [3.63, 3.8) is 0 Å². The van der Waals surface area contributed by atoms with Crippen LogP contribution in [0.3, 0.4) is 0 Å². The first kappa shape index (κ1) is 11.9. The minimum Gasteiger partial charge on any atom is -0.299 e. The number of carbonyl (C=O) groups excluding carboxylic acids is 1. The molecule has 0 aromatic carbocycles. The fourth-order valence-corrected chi connectivity index (χ4v) is 2.54. The Balaban J connectivity index is 1.98. The normalized spacial score (nSPS) is 10.5. The molecule has 0 radical (unpaired) electrons. The Morgan fingerprint density at radius 2 is 1.94 bits per heavy atom. The average Bonchev–Trinajstić information content (AvgIpc) is 2.59. The molecule has 0 bridgehead atoms. The van der Waals surface area contributed by atoms with Crippen molar-refractivity contribution < 1.29 is 4.79 Å². The molecule has 0 saturated heterocycles. The number of hydrogen-bond donors (Lipinski definition) is 0. The van der Waals surface area contributed by atoms with E-state index in [9.17, 15) is 4.79 Å². The van der Waals surface area contributed by atoms with Crippen LogP contribution in [-0.2, 0) is 17.6 Å². The Hall–Kier alpha value is -1.55. The number of thiazole rings is 1. The highest BCUT2D eigenvalue weighted by molar-refractivity contribution is 7.11. The molecule has 2 aromatic rings. The highest BCUT2D eigenvalue weighted by Crippen LogP contribution is 2.17. The summed E-state index contributed by atoms with van der Waals surface area (Å²) in [5.74, 6) is 0.199. The van der Waals surface area contributed by atoms with E-state index in [2.05, 4.69) is 9.97 Å². The average molecular weight is 246 g/mol. The van der Waals surface area contributed by atoms with E-state index in [-0.39, 0.29) is 5.78 Å². The van der Waals surface area contributed by atoms with Gasteiger partial charge in [0, 0.05) is 23.7 Å². The summed E-state index contributed by atoms with van der Waals surface area (Å²) in [7, 11) is 0. The van der Waals surface area contributed by atoms with Crippen LogP contribution in [-0.4, -0.2) is 15.8 Å². The van der Waals surface area contributed by atoms with Gasteiger partial charge in [0.2, 0.25) is 0 Å². The Kier molecular flexibility index (Phi) is 3.64. The SMILES string of the molecule is Cc1nc(CC(=O)Cc2ccncc2)sc1C. The molecule has 0 aliphatic heterocycles. The molecule has 2 aromatic heterocycles. The zero-order valence-electron chi connectivity index (χ0n) is 9.93. The predicted molar refractivity (Wildman–Crippen MR) is 68.2 cm³/mol. The molecule has 0 N–H and O–H groups in total. The Bertz CT molecular complexity index is 500. The van der Waals surface area contributed by atoms with E-state index in [4.69, 9.17) is 0 Å². The third-order valence-corrected chi connectivity index (χ3v) is 3.64. The molecule has 88 valence electrons. The monoisotopic (exact) mass is 246 g/mol. The fraction of sp³-hybridized carbons (Fsp3) is 0.308. The number of Topliss-reactive ketones (excluding diaryl/α,β-unsaturated/α-hetero) is 1. The molecular formula is C13H14N2OS. The highest BCUT2D eigenvalue weighted by atomic mass is 32.1. The van der Waals surface area contributed by atoms with Gasteiger partial charge in [0.15, 0.2) is 0 Å². The Morgan fingerprint density at radius 3 is 2.53 bits per heavy atom. The van der Waals surface area contributed by atoms with Crippen molar-refractivity contribution in [2.24, 2.45) is 0 Å². The van der Waals surface area contributed by atoms with E-state index in [0.29, 0.717) is 12.8 Å². The zero-order chi connectivity index (χ0) is 12.3. The number of pyridine rings is 1.